The van der Waals surface area contributed by atoms with Gasteiger partial charge in [-0.1, -0.05) is 83.9 Å². The van der Waals surface area contributed by atoms with Crippen LogP contribution in [0, 0.1) is 23.7 Å². The van der Waals surface area contributed by atoms with Gasteiger partial charge in [-0.2, -0.15) is 18.2 Å². The zero-order chi connectivity index (χ0) is 38.3. The highest BCUT2D eigenvalue weighted by molar-refractivity contribution is 6.33. The number of hydrogen-bond donors (Lipinski definition) is 2. The topological polar surface area (TPSA) is 120 Å². The molecule has 4 aromatic rings. The van der Waals surface area contributed by atoms with Crippen molar-refractivity contribution < 1.29 is 37.5 Å². The smallest absolute Gasteiger partial charge is 0.417 e. The number of rotatable bonds is 6. The number of carbonyl (C=O) groups is 4. The average Bonchev–Trinajstić information content (AvgIpc) is 3.52. The Labute approximate surface area is 316 Å². The third-order valence-electron chi connectivity index (χ3n) is 11.1. The number of carbonyl (C=O) groups excluding carboxylic acids is 4. The minimum atomic E-state index is -4.75. The van der Waals surface area contributed by atoms with E-state index in [0.29, 0.717) is 39.7 Å². The van der Waals surface area contributed by atoms with Crippen molar-refractivity contribution >= 4 is 64.4 Å². The maximum absolute atomic E-state index is 15.2. The summed E-state index contributed by atoms with van der Waals surface area (Å²) in [4.78, 5) is 63.4. The van der Waals surface area contributed by atoms with Gasteiger partial charge in [0.1, 0.15) is 5.75 Å². The number of benzene rings is 3. The monoisotopic (exact) mass is 772 g/mol. The molecule has 0 radical (unpaired) electrons. The Morgan fingerprint density at radius 1 is 0.926 bits per heavy atom. The molecule has 274 valence electrons. The maximum Gasteiger partial charge on any atom is 0.417 e. The van der Waals surface area contributed by atoms with Crippen LogP contribution in [0.4, 0.5) is 24.7 Å². The number of amides is 4. The molecule has 6 atom stereocenters. The summed E-state index contributed by atoms with van der Waals surface area (Å²) in [6, 6.07) is 20.2. The lowest BCUT2D eigenvalue weighted by atomic mass is 9.49. The summed E-state index contributed by atoms with van der Waals surface area (Å²) in [5.74, 6) is -7.24. The highest BCUT2D eigenvalue weighted by atomic mass is 35.5. The summed E-state index contributed by atoms with van der Waals surface area (Å²) in [5.41, 5.74) is 2.47. The highest BCUT2D eigenvalue weighted by Gasteiger charge is 2.70. The van der Waals surface area contributed by atoms with E-state index in [0.717, 1.165) is 10.6 Å². The van der Waals surface area contributed by atoms with Crippen LogP contribution < -0.4 is 10.3 Å². The summed E-state index contributed by atoms with van der Waals surface area (Å²) in [7, 11) is 0. The van der Waals surface area contributed by atoms with E-state index in [1.54, 1.807) is 66.7 Å². The Morgan fingerprint density at radius 2 is 1.65 bits per heavy atom. The number of nitrogens with one attached hydrogen (secondary N) is 1. The zero-order valence-electron chi connectivity index (χ0n) is 28.1. The minimum absolute atomic E-state index is 0.0376. The molecule has 14 heteroatoms. The standard InChI is InChI=1S/C40H29Cl2F3N4O5/c1-2-20-6-12-25(13-7-20)48-35(51)28-15-14-27-29(32(28)37(48)53)18-30-36(52)49(47-34-31(42)17-23(19-46-34)40(43,44)45)38(54)39(30,22-8-10-24(41)11-9-22)33(27)21-4-3-5-26(50)16-21/h2-14,16-17,19,28-30,32-33,50H,1,15,18H2,(H,46,47). The van der Waals surface area contributed by atoms with Gasteiger partial charge in [-0.15, -0.1) is 0 Å². The first-order valence-electron chi connectivity index (χ1n) is 17.0. The molecule has 2 N–H and O–H groups in total. The molecule has 3 aromatic carbocycles. The molecule has 54 heavy (non-hydrogen) atoms. The summed E-state index contributed by atoms with van der Waals surface area (Å²) in [5, 5.41) is 11.3. The summed E-state index contributed by atoms with van der Waals surface area (Å²) in [6.45, 7) is 3.76. The zero-order valence-corrected chi connectivity index (χ0v) is 29.6. The van der Waals surface area contributed by atoms with Gasteiger partial charge in [0.15, 0.2) is 5.82 Å². The number of phenolic OH excluding ortho intramolecular Hbond substituents is 1. The number of hydrazine groups is 1. The highest BCUT2D eigenvalue weighted by Crippen LogP contribution is 2.64. The summed E-state index contributed by atoms with van der Waals surface area (Å²) in [6.07, 6.45) is -0.564. The fourth-order valence-electron chi connectivity index (χ4n) is 8.88. The lowest BCUT2D eigenvalue weighted by Crippen LogP contribution is -2.53. The fourth-order valence-corrected chi connectivity index (χ4v) is 9.21. The number of aromatic nitrogens is 1. The Balaban J connectivity index is 1.29. The lowest BCUT2D eigenvalue weighted by Gasteiger charge is -2.50. The number of aromatic hydroxyl groups is 1. The minimum Gasteiger partial charge on any atom is -0.508 e. The molecule has 2 aliphatic heterocycles. The Bertz CT molecular complexity index is 2300. The normalized spacial score (nSPS) is 26.3. The van der Waals surface area contributed by atoms with Crippen molar-refractivity contribution in [1.29, 1.82) is 0 Å². The summed E-state index contributed by atoms with van der Waals surface area (Å²) >= 11 is 12.5. The van der Waals surface area contributed by atoms with Gasteiger partial charge in [0.2, 0.25) is 11.8 Å². The van der Waals surface area contributed by atoms with E-state index in [1.807, 2.05) is 6.08 Å². The van der Waals surface area contributed by atoms with Crippen LogP contribution in [0.1, 0.15) is 41.0 Å². The van der Waals surface area contributed by atoms with Crippen LogP contribution in [0.5, 0.6) is 5.75 Å². The first-order chi connectivity index (χ1) is 25.7. The van der Waals surface area contributed by atoms with Crippen LogP contribution >= 0.6 is 23.2 Å². The van der Waals surface area contributed by atoms with E-state index < -0.39 is 69.5 Å². The summed E-state index contributed by atoms with van der Waals surface area (Å²) < 4.78 is 40.3. The van der Waals surface area contributed by atoms with Crippen molar-refractivity contribution in [2.75, 3.05) is 10.3 Å². The third-order valence-corrected chi connectivity index (χ3v) is 11.7. The largest absolute Gasteiger partial charge is 0.508 e. The Morgan fingerprint density at radius 3 is 2.30 bits per heavy atom. The van der Waals surface area contributed by atoms with Crippen molar-refractivity contribution in [1.82, 2.24) is 9.99 Å². The third kappa shape index (κ3) is 5.33. The number of nitrogens with zero attached hydrogens (tertiary/aromatic N) is 3. The number of pyridine rings is 1. The van der Waals surface area contributed by atoms with Gasteiger partial charge in [0.05, 0.1) is 39.4 Å². The number of imide groups is 2. The van der Waals surface area contributed by atoms with Crippen LogP contribution in [-0.2, 0) is 30.8 Å². The van der Waals surface area contributed by atoms with E-state index in [-0.39, 0.29) is 30.3 Å². The number of allylic oxidation sites excluding steroid dienone is 2. The van der Waals surface area contributed by atoms with Crippen molar-refractivity contribution in [2.45, 2.75) is 30.4 Å². The molecule has 8 rings (SSSR count). The molecular formula is C40H29Cl2F3N4O5. The van der Waals surface area contributed by atoms with Crippen LogP contribution in [0.25, 0.3) is 6.08 Å². The van der Waals surface area contributed by atoms with Gasteiger partial charge in [0.25, 0.3) is 11.8 Å². The predicted molar refractivity (Wildman–Crippen MR) is 194 cm³/mol. The van der Waals surface area contributed by atoms with Crippen molar-refractivity contribution in [3.63, 3.8) is 0 Å². The van der Waals surface area contributed by atoms with Crippen molar-refractivity contribution in [2.24, 2.45) is 23.7 Å². The van der Waals surface area contributed by atoms with Crippen LogP contribution in [-0.4, -0.2) is 38.7 Å². The number of hydrogen-bond acceptors (Lipinski definition) is 7. The number of anilines is 2. The quantitative estimate of drug-likeness (QED) is 0.151. The van der Waals surface area contributed by atoms with Crippen LogP contribution in [0.15, 0.2) is 103 Å². The average molecular weight is 774 g/mol. The number of alkyl halides is 3. The molecule has 2 aliphatic carbocycles. The van der Waals surface area contributed by atoms with Gasteiger partial charge in [-0.25, -0.2) is 4.98 Å². The van der Waals surface area contributed by atoms with E-state index in [1.165, 1.54) is 17.0 Å². The van der Waals surface area contributed by atoms with Gasteiger partial charge in [-0.05, 0) is 77.9 Å². The van der Waals surface area contributed by atoms with E-state index >= 15 is 4.79 Å². The fraction of sp³-hybridized carbons (Fsp3) is 0.225. The Hall–Kier alpha value is -5.46. The molecule has 0 bridgehead atoms. The van der Waals surface area contributed by atoms with E-state index in [2.05, 4.69) is 17.0 Å². The molecule has 1 saturated carbocycles. The Kier molecular flexibility index (Phi) is 8.46. The number of fused-ring (bicyclic) bond motifs is 4. The molecular weight excluding hydrogens is 744 g/mol. The second kappa shape index (κ2) is 12.8. The lowest BCUT2D eigenvalue weighted by molar-refractivity contribution is -0.139. The van der Waals surface area contributed by atoms with Crippen molar-refractivity contribution in [3.8, 4) is 5.75 Å². The predicted octanol–water partition coefficient (Wildman–Crippen LogP) is 7.95. The molecule has 3 fully saturated rings. The SMILES string of the molecule is C=Cc1ccc(N2C(=O)C3CC=C4C(CC5C(=O)N(Nc6ncc(C(F)(F)F)cc6Cl)C(=O)C5(c5ccc(Cl)cc5)C4c4cccc(O)c4)C3C2=O)cc1. The number of phenols is 1. The number of halogens is 5. The molecule has 3 heterocycles. The van der Waals surface area contributed by atoms with Crippen molar-refractivity contribution in [3.05, 3.63) is 136 Å². The van der Waals surface area contributed by atoms with E-state index in [9.17, 15) is 32.7 Å². The molecule has 9 nitrogen and oxygen atoms in total. The first-order valence-corrected chi connectivity index (χ1v) is 17.7. The molecule has 2 saturated heterocycles. The maximum atomic E-state index is 15.2. The first kappa shape index (κ1) is 35.6. The van der Waals surface area contributed by atoms with Gasteiger partial charge < -0.3 is 5.11 Å². The molecule has 4 aliphatic rings. The molecule has 1 aromatic heterocycles. The van der Waals surface area contributed by atoms with Crippen LogP contribution in [0.3, 0.4) is 0 Å². The van der Waals surface area contributed by atoms with Gasteiger partial charge in [-0.3, -0.25) is 29.5 Å². The van der Waals surface area contributed by atoms with Gasteiger partial charge >= 0.3 is 6.18 Å². The molecule has 0 spiro atoms. The molecule has 4 amide bonds. The second-order valence-corrected chi connectivity index (χ2v) is 14.7. The van der Waals surface area contributed by atoms with Gasteiger partial charge in [0, 0.05) is 17.1 Å². The van der Waals surface area contributed by atoms with E-state index in [4.69, 9.17) is 23.2 Å². The second-order valence-electron chi connectivity index (χ2n) is 13.8. The molecule has 6 unspecified atom stereocenters. The van der Waals surface area contributed by atoms with Crippen LogP contribution in [0.2, 0.25) is 10.0 Å².